The van der Waals surface area contributed by atoms with E-state index in [9.17, 15) is 4.79 Å². The molecule has 0 bridgehead atoms. The SMILES string of the molecule is COc1ccc(CCN(C)C(=O)C2CCN(Cc3ccc(C)o3)CC2)cc1OC. The molecule has 1 fully saturated rings. The molecule has 1 amide bonds. The maximum atomic E-state index is 12.9. The van der Waals surface area contributed by atoms with Crippen molar-refractivity contribution in [3.8, 4) is 11.5 Å². The molecule has 0 aliphatic carbocycles. The number of amides is 1. The van der Waals surface area contributed by atoms with Crippen molar-refractivity contribution in [1.29, 1.82) is 0 Å². The summed E-state index contributed by atoms with van der Waals surface area (Å²) in [4.78, 5) is 17.1. The van der Waals surface area contributed by atoms with Crippen LogP contribution in [0.4, 0.5) is 0 Å². The molecule has 0 unspecified atom stereocenters. The first-order valence-corrected chi connectivity index (χ1v) is 10.2. The third-order valence-electron chi connectivity index (χ3n) is 5.67. The largest absolute Gasteiger partial charge is 0.493 e. The van der Waals surface area contributed by atoms with Crippen LogP contribution in [0.2, 0.25) is 0 Å². The van der Waals surface area contributed by atoms with Gasteiger partial charge in [-0.3, -0.25) is 9.69 Å². The number of hydrogen-bond donors (Lipinski definition) is 0. The first-order chi connectivity index (χ1) is 14.0. The normalized spacial score (nSPS) is 15.3. The van der Waals surface area contributed by atoms with Crippen LogP contribution in [0.1, 0.15) is 29.9 Å². The predicted molar refractivity (Wildman–Crippen MR) is 112 cm³/mol. The topological polar surface area (TPSA) is 55.2 Å². The highest BCUT2D eigenvalue weighted by Gasteiger charge is 2.27. The molecule has 2 heterocycles. The summed E-state index contributed by atoms with van der Waals surface area (Å²) in [5, 5.41) is 0. The molecule has 1 aliphatic rings. The molecule has 2 aromatic rings. The van der Waals surface area contributed by atoms with Crippen molar-refractivity contribution in [3.05, 3.63) is 47.4 Å². The van der Waals surface area contributed by atoms with E-state index in [2.05, 4.69) is 4.90 Å². The minimum Gasteiger partial charge on any atom is -0.493 e. The van der Waals surface area contributed by atoms with E-state index in [1.54, 1.807) is 14.2 Å². The molecule has 0 atom stereocenters. The van der Waals surface area contributed by atoms with Gasteiger partial charge in [-0.1, -0.05) is 6.07 Å². The number of benzene rings is 1. The zero-order chi connectivity index (χ0) is 20.8. The van der Waals surface area contributed by atoms with E-state index in [4.69, 9.17) is 13.9 Å². The van der Waals surface area contributed by atoms with Gasteiger partial charge >= 0.3 is 0 Å². The Morgan fingerprint density at radius 3 is 2.48 bits per heavy atom. The van der Waals surface area contributed by atoms with Crippen molar-refractivity contribution < 1.29 is 18.7 Å². The van der Waals surface area contributed by atoms with E-state index in [1.165, 1.54) is 0 Å². The lowest BCUT2D eigenvalue weighted by Crippen LogP contribution is -2.41. The predicted octanol–water partition coefficient (Wildman–Crippen LogP) is 3.52. The number of furan rings is 1. The number of methoxy groups -OCH3 is 2. The van der Waals surface area contributed by atoms with Gasteiger partial charge in [0.25, 0.3) is 0 Å². The lowest BCUT2D eigenvalue weighted by molar-refractivity contribution is -0.135. The number of hydrogen-bond acceptors (Lipinski definition) is 5. The van der Waals surface area contributed by atoms with E-state index in [1.807, 2.05) is 49.2 Å². The number of likely N-dealkylation sites (N-methyl/N-ethyl adjacent to an activating group) is 1. The molecule has 1 aromatic heterocycles. The molecule has 1 aromatic carbocycles. The first-order valence-electron chi connectivity index (χ1n) is 10.2. The third-order valence-corrected chi connectivity index (χ3v) is 5.67. The van der Waals surface area contributed by atoms with Crippen molar-refractivity contribution in [3.63, 3.8) is 0 Å². The molecular formula is C23H32N2O4. The molecule has 1 saturated heterocycles. The molecule has 29 heavy (non-hydrogen) atoms. The van der Waals surface area contributed by atoms with Crippen LogP contribution in [0.3, 0.4) is 0 Å². The van der Waals surface area contributed by atoms with Crippen LogP contribution in [0.5, 0.6) is 11.5 Å². The Labute approximate surface area is 173 Å². The number of piperidine rings is 1. The van der Waals surface area contributed by atoms with Crippen LogP contribution < -0.4 is 9.47 Å². The van der Waals surface area contributed by atoms with Crippen LogP contribution in [0.25, 0.3) is 0 Å². The van der Waals surface area contributed by atoms with Gasteiger partial charge in [0, 0.05) is 19.5 Å². The summed E-state index contributed by atoms with van der Waals surface area (Å²) in [6.45, 7) is 5.34. The van der Waals surface area contributed by atoms with E-state index in [0.717, 1.165) is 67.5 Å². The summed E-state index contributed by atoms with van der Waals surface area (Å²) < 4.78 is 16.3. The van der Waals surface area contributed by atoms with E-state index in [-0.39, 0.29) is 11.8 Å². The molecule has 3 rings (SSSR count). The molecule has 0 spiro atoms. The second-order valence-corrected chi connectivity index (χ2v) is 7.76. The van der Waals surface area contributed by atoms with Crippen LogP contribution in [-0.2, 0) is 17.8 Å². The van der Waals surface area contributed by atoms with Gasteiger partial charge < -0.3 is 18.8 Å². The minimum atomic E-state index is 0.111. The Hall–Kier alpha value is -2.47. The Kier molecular flexibility index (Phi) is 7.20. The molecule has 0 radical (unpaired) electrons. The zero-order valence-electron chi connectivity index (χ0n) is 17.9. The smallest absolute Gasteiger partial charge is 0.225 e. The molecule has 158 valence electrons. The fraction of sp³-hybridized carbons (Fsp3) is 0.522. The van der Waals surface area contributed by atoms with Crippen molar-refractivity contribution in [2.24, 2.45) is 5.92 Å². The fourth-order valence-corrected chi connectivity index (χ4v) is 3.88. The summed E-state index contributed by atoms with van der Waals surface area (Å²) in [5.41, 5.74) is 1.13. The minimum absolute atomic E-state index is 0.111. The zero-order valence-corrected chi connectivity index (χ0v) is 17.9. The maximum Gasteiger partial charge on any atom is 0.225 e. The average Bonchev–Trinajstić information content (AvgIpc) is 3.16. The molecule has 1 aliphatic heterocycles. The highest BCUT2D eigenvalue weighted by atomic mass is 16.5. The van der Waals surface area contributed by atoms with Crippen LogP contribution >= 0.6 is 0 Å². The molecule has 0 saturated carbocycles. The average molecular weight is 401 g/mol. The van der Waals surface area contributed by atoms with Crippen molar-refractivity contribution in [1.82, 2.24) is 9.80 Å². The number of carbonyl (C=O) groups excluding carboxylic acids is 1. The molecule has 6 nitrogen and oxygen atoms in total. The quantitative estimate of drug-likeness (QED) is 0.679. The standard InChI is InChI=1S/C23H32N2O4/c1-17-5-7-20(29-17)16-25-13-10-19(11-14-25)23(26)24(2)12-9-18-6-8-21(27-3)22(15-18)28-4/h5-8,15,19H,9-14,16H2,1-4H3. The summed E-state index contributed by atoms with van der Waals surface area (Å²) in [6.07, 6.45) is 2.59. The summed E-state index contributed by atoms with van der Waals surface area (Å²) in [7, 11) is 5.17. The number of aryl methyl sites for hydroxylation is 1. The Balaban J connectivity index is 1.46. The molecule has 0 N–H and O–H groups in total. The van der Waals surface area contributed by atoms with Gasteiger partial charge in [-0.15, -0.1) is 0 Å². The summed E-state index contributed by atoms with van der Waals surface area (Å²) in [6, 6.07) is 9.94. The molecular weight excluding hydrogens is 368 g/mol. The monoisotopic (exact) mass is 400 g/mol. The van der Waals surface area contributed by atoms with E-state index >= 15 is 0 Å². The van der Waals surface area contributed by atoms with Gasteiger partial charge in [-0.25, -0.2) is 0 Å². The van der Waals surface area contributed by atoms with Gasteiger partial charge in [-0.05, 0) is 69.1 Å². The van der Waals surface area contributed by atoms with Gasteiger partial charge in [0.05, 0.1) is 20.8 Å². The van der Waals surface area contributed by atoms with E-state index < -0.39 is 0 Å². The maximum absolute atomic E-state index is 12.9. The molecule has 6 heteroatoms. The second-order valence-electron chi connectivity index (χ2n) is 7.76. The summed E-state index contributed by atoms with van der Waals surface area (Å²) in [5.74, 6) is 3.75. The van der Waals surface area contributed by atoms with E-state index in [0.29, 0.717) is 6.54 Å². The lowest BCUT2D eigenvalue weighted by atomic mass is 9.95. The lowest BCUT2D eigenvalue weighted by Gasteiger charge is -2.32. The Morgan fingerprint density at radius 1 is 1.14 bits per heavy atom. The number of ether oxygens (including phenoxy) is 2. The highest BCUT2D eigenvalue weighted by Crippen LogP contribution is 2.28. The summed E-state index contributed by atoms with van der Waals surface area (Å²) >= 11 is 0. The van der Waals surface area contributed by atoms with Crippen molar-refractivity contribution in [2.45, 2.75) is 32.7 Å². The number of nitrogens with zero attached hydrogens (tertiary/aromatic N) is 2. The van der Waals surface area contributed by atoms with Crippen LogP contribution in [0.15, 0.2) is 34.7 Å². The fourth-order valence-electron chi connectivity index (χ4n) is 3.88. The van der Waals surface area contributed by atoms with Gasteiger partial charge in [0.2, 0.25) is 5.91 Å². The highest BCUT2D eigenvalue weighted by molar-refractivity contribution is 5.78. The first kappa shape index (κ1) is 21.2. The Bertz CT molecular complexity index is 809. The number of rotatable bonds is 8. The van der Waals surface area contributed by atoms with Crippen LogP contribution in [-0.4, -0.2) is 56.6 Å². The second kappa shape index (κ2) is 9.83. The number of likely N-dealkylation sites (tertiary alicyclic amines) is 1. The number of carbonyl (C=O) groups is 1. The van der Waals surface area contributed by atoms with Crippen LogP contribution in [0, 0.1) is 12.8 Å². The van der Waals surface area contributed by atoms with Crippen molar-refractivity contribution >= 4 is 5.91 Å². The Morgan fingerprint density at radius 2 is 1.86 bits per heavy atom. The van der Waals surface area contributed by atoms with Crippen molar-refractivity contribution in [2.75, 3.05) is 40.9 Å². The third kappa shape index (κ3) is 5.54. The van der Waals surface area contributed by atoms with Gasteiger partial charge in [0.1, 0.15) is 11.5 Å². The van der Waals surface area contributed by atoms with Gasteiger partial charge in [-0.2, -0.15) is 0 Å². The van der Waals surface area contributed by atoms with Gasteiger partial charge in [0.15, 0.2) is 11.5 Å².